The van der Waals surface area contributed by atoms with Crippen LogP contribution in [0.3, 0.4) is 0 Å². The van der Waals surface area contributed by atoms with E-state index in [0.29, 0.717) is 26.3 Å². The molecule has 0 N–H and O–H groups in total. The number of piperazine rings is 1. The van der Waals surface area contributed by atoms with Gasteiger partial charge in [-0.1, -0.05) is 18.2 Å². The number of carbonyl (C=O) groups excluding carboxylic acids is 1. The second kappa shape index (κ2) is 8.27. The zero-order valence-corrected chi connectivity index (χ0v) is 14.9. The molecule has 134 valence electrons. The highest BCUT2D eigenvalue weighted by Gasteiger charge is 2.22. The van der Waals surface area contributed by atoms with Crippen molar-refractivity contribution in [3.8, 4) is 0 Å². The minimum atomic E-state index is 0.0402. The number of nitrogens with zero attached hydrogens (tertiary/aromatic N) is 3. The lowest BCUT2D eigenvalue weighted by atomic mass is 10.1. The number of aromatic nitrogens is 1. The van der Waals surface area contributed by atoms with Gasteiger partial charge in [-0.25, -0.2) is 4.98 Å². The molecule has 0 spiro atoms. The van der Waals surface area contributed by atoms with Crippen LogP contribution in [0.15, 0.2) is 30.3 Å². The fourth-order valence-electron chi connectivity index (χ4n) is 3.07. The van der Waals surface area contributed by atoms with Gasteiger partial charge in [-0.05, 0) is 24.6 Å². The molecule has 25 heavy (non-hydrogen) atoms. The van der Waals surface area contributed by atoms with E-state index in [-0.39, 0.29) is 12.5 Å². The molecule has 3 rings (SSSR count). The van der Waals surface area contributed by atoms with Crippen LogP contribution in [0.1, 0.15) is 5.56 Å². The van der Waals surface area contributed by atoms with Crippen molar-refractivity contribution in [1.82, 2.24) is 9.88 Å². The molecule has 6 nitrogen and oxygen atoms in total. The zero-order valence-electron chi connectivity index (χ0n) is 14.9. The summed E-state index contributed by atoms with van der Waals surface area (Å²) in [5.74, 6) is 1.03. The van der Waals surface area contributed by atoms with Crippen molar-refractivity contribution >= 4 is 22.6 Å². The Balaban J connectivity index is 1.58. The van der Waals surface area contributed by atoms with Crippen LogP contribution in [0.4, 0.5) is 5.82 Å². The third-order valence-corrected chi connectivity index (χ3v) is 4.52. The largest absolute Gasteiger partial charge is 0.382 e. The van der Waals surface area contributed by atoms with E-state index in [1.54, 1.807) is 7.11 Å². The van der Waals surface area contributed by atoms with E-state index >= 15 is 0 Å². The number of rotatable bonds is 6. The van der Waals surface area contributed by atoms with Gasteiger partial charge in [0.15, 0.2) is 0 Å². The predicted octanol–water partition coefficient (Wildman–Crippen LogP) is 1.85. The van der Waals surface area contributed by atoms with Crippen LogP contribution in [0.5, 0.6) is 0 Å². The molecule has 1 saturated heterocycles. The van der Waals surface area contributed by atoms with Gasteiger partial charge in [-0.15, -0.1) is 0 Å². The molecular formula is C19H25N3O3. The van der Waals surface area contributed by atoms with Gasteiger partial charge in [0.25, 0.3) is 0 Å². The molecule has 1 fully saturated rings. The summed E-state index contributed by atoms with van der Waals surface area (Å²) in [6.45, 7) is 6.15. The summed E-state index contributed by atoms with van der Waals surface area (Å²) in [6.07, 6.45) is 0. The normalized spacial score (nSPS) is 15.0. The van der Waals surface area contributed by atoms with Crippen LogP contribution in [-0.4, -0.2) is 68.9 Å². The van der Waals surface area contributed by atoms with E-state index in [4.69, 9.17) is 14.5 Å². The van der Waals surface area contributed by atoms with E-state index in [1.807, 2.05) is 23.1 Å². The molecule has 0 unspecified atom stereocenters. The first-order valence-electron chi connectivity index (χ1n) is 8.65. The topological polar surface area (TPSA) is 54.9 Å². The smallest absolute Gasteiger partial charge is 0.248 e. The molecule has 2 aromatic rings. The summed E-state index contributed by atoms with van der Waals surface area (Å²) in [4.78, 5) is 21.0. The van der Waals surface area contributed by atoms with Crippen molar-refractivity contribution in [2.45, 2.75) is 6.92 Å². The van der Waals surface area contributed by atoms with Crippen molar-refractivity contribution in [3.05, 3.63) is 35.9 Å². The molecule has 0 radical (unpaired) electrons. The van der Waals surface area contributed by atoms with Crippen molar-refractivity contribution in [2.24, 2.45) is 0 Å². The van der Waals surface area contributed by atoms with Crippen LogP contribution in [0.25, 0.3) is 10.9 Å². The fourth-order valence-corrected chi connectivity index (χ4v) is 3.07. The summed E-state index contributed by atoms with van der Waals surface area (Å²) < 4.78 is 10.2. The number of pyridine rings is 1. The molecule has 1 amide bonds. The number of hydrogen-bond acceptors (Lipinski definition) is 5. The number of aryl methyl sites for hydroxylation is 1. The van der Waals surface area contributed by atoms with Gasteiger partial charge < -0.3 is 19.3 Å². The van der Waals surface area contributed by atoms with Crippen LogP contribution in [-0.2, 0) is 14.3 Å². The number of para-hydroxylation sites is 1. The van der Waals surface area contributed by atoms with Crippen LogP contribution in [0.2, 0.25) is 0 Å². The minimum Gasteiger partial charge on any atom is -0.382 e. The van der Waals surface area contributed by atoms with Gasteiger partial charge >= 0.3 is 0 Å². The maximum Gasteiger partial charge on any atom is 0.248 e. The Morgan fingerprint density at radius 3 is 2.68 bits per heavy atom. The van der Waals surface area contributed by atoms with Gasteiger partial charge in [0.1, 0.15) is 12.4 Å². The number of ether oxygens (including phenoxy) is 2. The lowest BCUT2D eigenvalue weighted by Crippen LogP contribution is -2.50. The minimum absolute atomic E-state index is 0.0402. The first kappa shape index (κ1) is 17.6. The number of anilines is 1. The quantitative estimate of drug-likeness (QED) is 0.750. The van der Waals surface area contributed by atoms with Crippen LogP contribution in [0, 0.1) is 6.92 Å². The molecule has 6 heteroatoms. The summed E-state index contributed by atoms with van der Waals surface area (Å²) in [5, 5.41) is 1.19. The molecule has 0 saturated carbocycles. The Kier molecular flexibility index (Phi) is 5.83. The first-order chi connectivity index (χ1) is 12.2. The predicted molar refractivity (Wildman–Crippen MR) is 98.0 cm³/mol. The second-order valence-corrected chi connectivity index (χ2v) is 6.23. The average Bonchev–Trinajstić information content (AvgIpc) is 2.65. The molecular weight excluding hydrogens is 318 g/mol. The summed E-state index contributed by atoms with van der Waals surface area (Å²) in [5.41, 5.74) is 2.24. The fraction of sp³-hybridized carbons (Fsp3) is 0.474. The van der Waals surface area contributed by atoms with Crippen molar-refractivity contribution < 1.29 is 14.3 Å². The molecule has 1 aliphatic rings. The SMILES string of the molecule is COCCOCC(=O)N1CCN(c2cc(C)c3ccccc3n2)CC1. The van der Waals surface area contributed by atoms with E-state index in [2.05, 4.69) is 24.0 Å². The molecule has 1 aromatic heterocycles. The standard InChI is InChI=1S/C19H25N3O3/c1-15-13-18(20-17-6-4-3-5-16(15)17)21-7-9-22(10-8-21)19(23)14-25-12-11-24-2/h3-6,13H,7-12,14H2,1-2H3. The number of amides is 1. The first-order valence-corrected chi connectivity index (χ1v) is 8.65. The van der Waals surface area contributed by atoms with Crippen molar-refractivity contribution in [1.29, 1.82) is 0 Å². The van der Waals surface area contributed by atoms with Crippen molar-refractivity contribution in [3.63, 3.8) is 0 Å². The molecule has 0 atom stereocenters. The number of carbonyl (C=O) groups is 1. The number of methoxy groups -OCH3 is 1. The average molecular weight is 343 g/mol. The Morgan fingerprint density at radius 2 is 1.92 bits per heavy atom. The van der Waals surface area contributed by atoms with E-state index in [0.717, 1.165) is 24.4 Å². The number of fused-ring (bicyclic) bond motifs is 1. The van der Waals surface area contributed by atoms with Crippen LogP contribution >= 0.6 is 0 Å². The van der Waals surface area contributed by atoms with Gasteiger partial charge in [0.2, 0.25) is 5.91 Å². The van der Waals surface area contributed by atoms with Gasteiger partial charge in [-0.3, -0.25) is 4.79 Å². The second-order valence-electron chi connectivity index (χ2n) is 6.23. The van der Waals surface area contributed by atoms with E-state index in [9.17, 15) is 4.79 Å². The third kappa shape index (κ3) is 4.27. The Labute approximate surface area is 148 Å². The van der Waals surface area contributed by atoms with Gasteiger partial charge in [0.05, 0.1) is 18.7 Å². The summed E-state index contributed by atoms with van der Waals surface area (Å²) in [7, 11) is 1.62. The molecule has 0 aliphatic carbocycles. The number of benzene rings is 1. The lowest BCUT2D eigenvalue weighted by Gasteiger charge is -2.35. The maximum absolute atomic E-state index is 12.2. The third-order valence-electron chi connectivity index (χ3n) is 4.52. The van der Waals surface area contributed by atoms with E-state index in [1.165, 1.54) is 10.9 Å². The Hall–Kier alpha value is -2.18. The molecule has 2 heterocycles. The molecule has 0 bridgehead atoms. The highest BCUT2D eigenvalue weighted by molar-refractivity contribution is 5.84. The van der Waals surface area contributed by atoms with Gasteiger partial charge in [0, 0.05) is 38.7 Å². The molecule has 1 aromatic carbocycles. The number of hydrogen-bond donors (Lipinski definition) is 0. The van der Waals surface area contributed by atoms with Crippen molar-refractivity contribution in [2.75, 3.05) is 58.0 Å². The zero-order chi connectivity index (χ0) is 17.6. The van der Waals surface area contributed by atoms with Gasteiger partial charge in [-0.2, -0.15) is 0 Å². The Morgan fingerprint density at radius 1 is 1.16 bits per heavy atom. The maximum atomic E-state index is 12.2. The highest BCUT2D eigenvalue weighted by atomic mass is 16.5. The summed E-state index contributed by atoms with van der Waals surface area (Å²) >= 11 is 0. The Bertz CT molecular complexity index is 727. The summed E-state index contributed by atoms with van der Waals surface area (Å²) in [6, 6.07) is 10.3. The van der Waals surface area contributed by atoms with E-state index < -0.39 is 0 Å². The lowest BCUT2D eigenvalue weighted by molar-refractivity contribution is -0.136. The van der Waals surface area contributed by atoms with Crippen LogP contribution < -0.4 is 4.90 Å². The monoisotopic (exact) mass is 343 g/mol. The highest BCUT2D eigenvalue weighted by Crippen LogP contribution is 2.23. The molecule has 1 aliphatic heterocycles.